The van der Waals surface area contributed by atoms with Gasteiger partial charge in [0, 0.05) is 50.4 Å². The highest BCUT2D eigenvalue weighted by atomic mass is 79.9. The van der Waals surface area contributed by atoms with E-state index in [9.17, 15) is 9.59 Å². The zero-order chi connectivity index (χ0) is 21.3. The molecular formula is C21H23BrN4O3S. The van der Waals surface area contributed by atoms with Crippen LogP contribution in [-0.4, -0.2) is 57.4 Å². The molecule has 1 aromatic carbocycles. The SMILES string of the molecule is Cc1ccc(OC(C)C(=O)N2CCN(Cc3cc(=O)n4ccsc4n3)CC2)c(Br)c1. The van der Waals surface area contributed by atoms with E-state index in [1.807, 2.05) is 35.4 Å². The first-order valence-electron chi connectivity index (χ1n) is 9.80. The fourth-order valence-electron chi connectivity index (χ4n) is 3.52. The van der Waals surface area contributed by atoms with Gasteiger partial charge in [-0.1, -0.05) is 6.07 Å². The van der Waals surface area contributed by atoms with Crippen molar-refractivity contribution < 1.29 is 9.53 Å². The lowest BCUT2D eigenvalue weighted by Crippen LogP contribution is -2.51. The van der Waals surface area contributed by atoms with Crippen LogP contribution in [0.3, 0.4) is 0 Å². The second-order valence-electron chi connectivity index (χ2n) is 7.44. The van der Waals surface area contributed by atoms with Gasteiger partial charge in [-0.25, -0.2) is 4.98 Å². The molecule has 9 heteroatoms. The number of aromatic nitrogens is 2. The third-order valence-electron chi connectivity index (χ3n) is 5.16. The van der Waals surface area contributed by atoms with Crippen LogP contribution >= 0.6 is 27.3 Å². The van der Waals surface area contributed by atoms with Crippen LogP contribution in [-0.2, 0) is 11.3 Å². The van der Waals surface area contributed by atoms with Gasteiger partial charge < -0.3 is 9.64 Å². The fraction of sp³-hybridized carbons (Fsp3) is 0.381. The van der Waals surface area contributed by atoms with Crippen molar-refractivity contribution in [3.8, 4) is 5.75 Å². The monoisotopic (exact) mass is 490 g/mol. The Labute approximate surface area is 187 Å². The highest BCUT2D eigenvalue weighted by molar-refractivity contribution is 9.10. The van der Waals surface area contributed by atoms with Crippen molar-refractivity contribution in [1.29, 1.82) is 0 Å². The van der Waals surface area contributed by atoms with Crippen molar-refractivity contribution in [2.75, 3.05) is 26.2 Å². The Hall–Kier alpha value is -2.23. The summed E-state index contributed by atoms with van der Waals surface area (Å²) in [5.74, 6) is 0.653. The Morgan fingerprint density at radius 3 is 2.77 bits per heavy atom. The van der Waals surface area contributed by atoms with Crippen molar-refractivity contribution in [2.45, 2.75) is 26.5 Å². The topological polar surface area (TPSA) is 67.2 Å². The minimum Gasteiger partial charge on any atom is -0.480 e. The summed E-state index contributed by atoms with van der Waals surface area (Å²) in [6.07, 6.45) is 1.18. The molecule has 2 aromatic heterocycles. The van der Waals surface area contributed by atoms with Crippen LogP contribution in [0.4, 0.5) is 0 Å². The van der Waals surface area contributed by atoms with Crippen LogP contribution < -0.4 is 10.3 Å². The first-order chi connectivity index (χ1) is 14.4. The number of ether oxygens (including phenoxy) is 1. The summed E-state index contributed by atoms with van der Waals surface area (Å²) in [6, 6.07) is 7.40. The maximum absolute atomic E-state index is 12.8. The number of carbonyl (C=O) groups excluding carboxylic acids is 1. The number of benzene rings is 1. The Balaban J connectivity index is 1.33. The lowest BCUT2D eigenvalue weighted by molar-refractivity contribution is -0.139. The van der Waals surface area contributed by atoms with Gasteiger partial charge in [-0.3, -0.25) is 18.9 Å². The maximum Gasteiger partial charge on any atom is 0.263 e. The molecule has 1 atom stereocenters. The van der Waals surface area contributed by atoms with Crippen molar-refractivity contribution >= 4 is 38.1 Å². The van der Waals surface area contributed by atoms with Crippen LogP contribution in [0.25, 0.3) is 4.96 Å². The first-order valence-corrected chi connectivity index (χ1v) is 11.5. The van der Waals surface area contributed by atoms with Crippen LogP contribution in [0.5, 0.6) is 5.75 Å². The number of piperazine rings is 1. The van der Waals surface area contributed by atoms with Crippen LogP contribution in [0.1, 0.15) is 18.2 Å². The molecule has 1 aliphatic heterocycles. The maximum atomic E-state index is 12.8. The molecule has 3 heterocycles. The largest absolute Gasteiger partial charge is 0.480 e. The summed E-state index contributed by atoms with van der Waals surface area (Å²) in [5.41, 5.74) is 1.83. The van der Waals surface area contributed by atoms with E-state index < -0.39 is 6.10 Å². The number of hydrogen-bond acceptors (Lipinski definition) is 6. The zero-order valence-electron chi connectivity index (χ0n) is 16.9. The Morgan fingerprint density at radius 2 is 2.03 bits per heavy atom. The van der Waals surface area contributed by atoms with Gasteiger partial charge in [0.15, 0.2) is 11.1 Å². The average Bonchev–Trinajstić information content (AvgIpc) is 3.19. The van der Waals surface area contributed by atoms with Crippen LogP contribution in [0.2, 0.25) is 0 Å². The molecule has 0 N–H and O–H groups in total. The summed E-state index contributed by atoms with van der Waals surface area (Å²) >= 11 is 4.94. The zero-order valence-corrected chi connectivity index (χ0v) is 19.3. The molecule has 4 rings (SSSR count). The molecule has 1 amide bonds. The predicted molar refractivity (Wildman–Crippen MR) is 120 cm³/mol. The summed E-state index contributed by atoms with van der Waals surface area (Å²) < 4.78 is 8.29. The molecule has 3 aromatic rings. The lowest BCUT2D eigenvalue weighted by Gasteiger charge is -2.35. The average molecular weight is 491 g/mol. The van der Waals surface area contributed by atoms with Crippen LogP contribution in [0.15, 0.2) is 45.1 Å². The Morgan fingerprint density at radius 1 is 1.27 bits per heavy atom. The van der Waals surface area contributed by atoms with Gasteiger partial charge in [0.1, 0.15) is 5.75 Å². The summed E-state index contributed by atoms with van der Waals surface area (Å²) in [6.45, 7) is 7.12. The number of carbonyl (C=O) groups is 1. The first kappa shape index (κ1) is 21.0. The number of rotatable bonds is 5. The molecule has 1 aliphatic rings. The van der Waals surface area contributed by atoms with Crippen LogP contribution in [0, 0.1) is 6.92 Å². The number of fused-ring (bicyclic) bond motifs is 1. The minimum atomic E-state index is -0.557. The van der Waals surface area contributed by atoms with E-state index in [-0.39, 0.29) is 11.5 Å². The molecule has 1 fully saturated rings. The number of hydrogen-bond donors (Lipinski definition) is 0. The van der Waals surface area contributed by atoms with Gasteiger partial charge in [0.05, 0.1) is 10.2 Å². The predicted octanol–water partition coefficient (Wildman–Crippen LogP) is 2.94. The van der Waals surface area contributed by atoms with E-state index in [0.717, 1.165) is 28.8 Å². The third kappa shape index (κ3) is 4.58. The Bertz CT molecular complexity index is 1120. The lowest BCUT2D eigenvalue weighted by atomic mass is 10.2. The van der Waals surface area contributed by atoms with Gasteiger partial charge in [0.25, 0.3) is 11.5 Å². The van der Waals surface area contributed by atoms with Crippen molar-refractivity contribution in [3.05, 3.63) is 61.9 Å². The summed E-state index contributed by atoms with van der Waals surface area (Å²) in [5, 5.41) is 1.86. The number of aryl methyl sites for hydroxylation is 1. The Kier molecular flexibility index (Phi) is 6.21. The number of nitrogens with zero attached hydrogens (tertiary/aromatic N) is 4. The standard InChI is InChI=1S/C21H23BrN4O3S/c1-14-3-4-18(17(22)11-14)29-15(2)20(28)25-7-5-24(6-8-25)13-16-12-19(27)26-9-10-30-21(26)23-16/h3-4,9-12,15H,5-8,13H2,1-2H3. The highest BCUT2D eigenvalue weighted by Crippen LogP contribution is 2.27. The molecule has 0 bridgehead atoms. The molecular weight excluding hydrogens is 468 g/mol. The number of halogens is 1. The molecule has 30 heavy (non-hydrogen) atoms. The fourth-order valence-corrected chi connectivity index (χ4v) is 4.85. The van der Waals surface area contributed by atoms with Gasteiger partial charge in [-0.15, -0.1) is 11.3 Å². The molecule has 1 unspecified atom stereocenters. The molecule has 158 valence electrons. The van der Waals surface area contributed by atoms with Gasteiger partial charge >= 0.3 is 0 Å². The molecule has 7 nitrogen and oxygen atoms in total. The van der Waals surface area contributed by atoms with E-state index >= 15 is 0 Å². The normalized spacial score (nSPS) is 16.0. The van der Waals surface area contributed by atoms with Gasteiger partial charge in [-0.05, 0) is 47.5 Å². The number of thiazole rings is 1. The van der Waals surface area contributed by atoms with Crippen molar-refractivity contribution in [3.63, 3.8) is 0 Å². The van der Waals surface area contributed by atoms with Crippen molar-refractivity contribution in [2.24, 2.45) is 0 Å². The second-order valence-corrected chi connectivity index (χ2v) is 9.16. The number of amides is 1. The van der Waals surface area contributed by atoms with E-state index in [0.29, 0.717) is 30.3 Å². The molecule has 1 saturated heterocycles. The van der Waals surface area contributed by atoms with Gasteiger partial charge in [-0.2, -0.15) is 0 Å². The van der Waals surface area contributed by atoms with E-state index in [1.54, 1.807) is 23.6 Å². The third-order valence-corrected chi connectivity index (χ3v) is 6.54. The quantitative estimate of drug-likeness (QED) is 0.549. The smallest absolute Gasteiger partial charge is 0.263 e. The molecule has 0 aliphatic carbocycles. The molecule has 0 saturated carbocycles. The van der Waals surface area contributed by atoms with E-state index in [2.05, 4.69) is 25.8 Å². The van der Waals surface area contributed by atoms with Crippen molar-refractivity contribution in [1.82, 2.24) is 19.2 Å². The van der Waals surface area contributed by atoms with E-state index in [1.165, 1.54) is 11.3 Å². The molecule has 0 radical (unpaired) electrons. The summed E-state index contributed by atoms with van der Waals surface area (Å²) in [7, 11) is 0. The summed E-state index contributed by atoms with van der Waals surface area (Å²) in [4.78, 5) is 34.3. The minimum absolute atomic E-state index is 0.0153. The van der Waals surface area contributed by atoms with E-state index in [4.69, 9.17) is 4.74 Å². The highest BCUT2D eigenvalue weighted by Gasteiger charge is 2.26. The second kappa shape index (κ2) is 8.87. The molecule has 0 spiro atoms. The van der Waals surface area contributed by atoms with Gasteiger partial charge in [0.2, 0.25) is 0 Å².